The Morgan fingerprint density at radius 3 is 2.44 bits per heavy atom. The lowest BCUT2D eigenvalue weighted by molar-refractivity contribution is 0.0372. The molecule has 2 rings (SSSR count). The Kier molecular flexibility index (Phi) is 3.19. The van der Waals surface area contributed by atoms with Crippen molar-refractivity contribution in [2.45, 2.75) is 58.2 Å². The zero-order chi connectivity index (χ0) is 13.5. The van der Waals surface area contributed by atoms with Crippen LogP contribution in [0.3, 0.4) is 0 Å². The second-order valence-corrected chi connectivity index (χ2v) is 5.80. The number of ether oxygens (including phenoxy) is 1. The minimum absolute atomic E-state index is 0.0688. The molecular formula is C13H19NO4. The molecule has 2 atom stereocenters. The van der Waals surface area contributed by atoms with E-state index in [1.807, 2.05) is 27.7 Å². The number of aromatic carboxylic acids is 1. The molecular weight excluding hydrogens is 234 g/mol. The summed E-state index contributed by atoms with van der Waals surface area (Å²) in [6.45, 7) is 7.74. The summed E-state index contributed by atoms with van der Waals surface area (Å²) in [6, 6.07) is 0. The van der Waals surface area contributed by atoms with Crippen molar-refractivity contribution in [1.29, 1.82) is 0 Å². The molecule has 1 saturated heterocycles. The highest BCUT2D eigenvalue weighted by molar-refractivity contribution is 5.86. The lowest BCUT2D eigenvalue weighted by Crippen LogP contribution is -2.16. The van der Waals surface area contributed by atoms with Gasteiger partial charge in [-0.05, 0) is 19.8 Å². The summed E-state index contributed by atoms with van der Waals surface area (Å²) in [7, 11) is 0. The van der Waals surface area contributed by atoms with E-state index in [0.29, 0.717) is 11.6 Å². The maximum Gasteiger partial charge on any atom is 0.373 e. The van der Waals surface area contributed by atoms with Gasteiger partial charge in [0.2, 0.25) is 11.7 Å². The highest BCUT2D eigenvalue weighted by atomic mass is 16.5. The third-order valence-corrected chi connectivity index (χ3v) is 3.06. The van der Waals surface area contributed by atoms with Crippen LogP contribution in [-0.2, 0) is 10.2 Å². The van der Waals surface area contributed by atoms with E-state index in [-0.39, 0.29) is 23.4 Å². The molecule has 1 aromatic rings. The molecule has 5 nitrogen and oxygen atoms in total. The number of aromatic nitrogens is 1. The Bertz CT molecular complexity index is 458. The van der Waals surface area contributed by atoms with E-state index in [4.69, 9.17) is 14.3 Å². The predicted molar refractivity (Wildman–Crippen MR) is 64.7 cm³/mol. The Morgan fingerprint density at radius 1 is 1.39 bits per heavy atom. The minimum atomic E-state index is -1.08. The summed E-state index contributed by atoms with van der Waals surface area (Å²) in [5.74, 6) is -0.757. The fourth-order valence-electron chi connectivity index (χ4n) is 2.11. The molecule has 0 saturated carbocycles. The molecule has 18 heavy (non-hydrogen) atoms. The SMILES string of the molecule is CC1CCC(c2nc(C(C)(C)C)c(C(=O)O)o2)O1. The van der Waals surface area contributed by atoms with Gasteiger partial charge in [0.15, 0.2) is 0 Å². The Morgan fingerprint density at radius 2 is 2.06 bits per heavy atom. The molecule has 100 valence electrons. The summed E-state index contributed by atoms with van der Waals surface area (Å²) in [4.78, 5) is 15.5. The van der Waals surface area contributed by atoms with Crippen molar-refractivity contribution in [1.82, 2.24) is 4.98 Å². The number of carbonyl (C=O) groups is 1. The van der Waals surface area contributed by atoms with Gasteiger partial charge < -0.3 is 14.3 Å². The van der Waals surface area contributed by atoms with Crippen LogP contribution >= 0.6 is 0 Å². The van der Waals surface area contributed by atoms with Gasteiger partial charge in [0, 0.05) is 5.41 Å². The number of nitrogens with zero attached hydrogens (tertiary/aromatic N) is 1. The van der Waals surface area contributed by atoms with E-state index in [1.54, 1.807) is 0 Å². The molecule has 2 unspecified atom stereocenters. The van der Waals surface area contributed by atoms with Crippen LogP contribution in [0.1, 0.15) is 68.8 Å². The van der Waals surface area contributed by atoms with Crippen LogP contribution in [0.5, 0.6) is 0 Å². The molecule has 0 amide bonds. The first-order valence-electron chi connectivity index (χ1n) is 6.19. The molecule has 1 aliphatic rings. The molecule has 0 bridgehead atoms. The van der Waals surface area contributed by atoms with Crippen LogP contribution in [0.25, 0.3) is 0 Å². The molecule has 0 spiro atoms. The second kappa shape index (κ2) is 4.39. The molecule has 0 radical (unpaired) electrons. The van der Waals surface area contributed by atoms with Gasteiger partial charge in [-0.15, -0.1) is 0 Å². The van der Waals surface area contributed by atoms with Crippen LogP contribution in [0.15, 0.2) is 4.42 Å². The summed E-state index contributed by atoms with van der Waals surface area (Å²) in [6.07, 6.45) is 1.73. The number of carboxylic acid groups (broad SMARTS) is 1. The Hall–Kier alpha value is -1.36. The summed E-state index contributed by atoms with van der Waals surface area (Å²) in [5.41, 5.74) is 0.118. The quantitative estimate of drug-likeness (QED) is 0.877. The van der Waals surface area contributed by atoms with Crippen molar-refractivity contribution in [2.75, 3.05) is 0 Å². The molecule has 0 aromatic carbocycles. The van der Waals surface area contributed by atoms with Crippen molar-refractivity contribution < 1.29 is 19.1 Å². The van der Waals surface area contributed by atoms with Gasteiger partial charge in [0.1, 0.15) is 6.10 Å². The van der Waals surface area contributed by atoms with Gasteiger partial charge in [0.25, 0.3) is 0 Å². The number of oxazole rings is 1. The van der Waals surface area contributed by atoms with Crippen molar-refractivity contribution in [3.8, 4) is 0 Å². The Balaban J connectivity index is 2.37. The first kappa shape index (κ1) is 13.1. The lowest BCUT2D eigenvalue weighted by atomic mass is 9.91. The first-order chi connectivity index (χ1) is 8.29. The third-order valence-electron chi connectivity index (χ3n) is 3.06. The maximum atomic E-state index is 11.2. The highest BCUT2D eigenvalue weighted by Crippen LogP contribution is 2.35. The topological polar surface area (TPSA) is 72.6 Å². The van der Waals surface area contributed by atoms with Crippen molar-refractivity contribution >= 4 is 5.97 Å². The van der Waals surface area contributed by atoms with E-state index in [0.717, 1.165) is 12.8 Å². The number of hydrogen-bond acceptors (Lipinski definition) is 4. The lowest BCUT2D eigenvalue weighted by Gasteiger charge is -2.14. The summed E-state index contributed by atoms with van der Waals surface area (Å²) < 4.78 is 11.1. The third kappa shape index (κ3) is 2.41. The van der Waals surface area contributed by atoms with E-state index in [2.05, 4.69) is 4.98 Å². The standard InChI is InChI=1S/C13H19NO4/c1-7-5-6-8(17-7)11-14-10(13(2,3)4)9(18-11)12(15)16/h7-8H,5-6H2,1-4H3,(H,15,16). The number of rotatable bonds is 2. The van der Waals surface area contributed by atoms with Crippen LogP contribution < -0.4 is 0 Å². The fraction of sp³-hybridized carbons (Fsp3) is 0.692. The second-order valence-electron chi connectivity index (χ2n) is 5.80. The molecule has 5 heteroatoms. The number of hydrogen-bond donors (Lipinski definition) is 1. The predicted octanol–water partition coefficient (Wildman–Crippen LogP) is 2.91. The zero-order valence-corrected chi connectivity index (χ0v) is 11.2. The molecule has 0 aliphatic carbocycles. The van der Waals surface area contributed by atoms with Crippen LogP contribution in [0.4, 0.5) is 0 Å². The molecule has 1 N–H and O–H groups in total. The van der Waals surface area contributed by atoms with Gasteiger partial charge in [-0.25, -0.2) is 9.78 Å². The Labute approximate surface area is 106 Å². The maximum absolute atomic E-state index is 11.2. The number of carboxylic acids is 1. The molecule has 1 fully saturated rings. The minimum Gasteiger partial charge on any atom is -0.475 e. The smallest absolute Gasteiger partial charge is 0.373 e. The van der Waals surface area contributed by atoms with E-state index < -0.39 is 5.97 Å². The average Bonchev–Trinajstić information content (AvgIpc) is 2.81. The van der Waals surface area contributed by atoms with E-state index >= 15 is 0 Å². The van der Waals surface area contributed by atoms with Crippen LogP contribution in [0, 0.1) is 0 Å². The molecule has 1 aromatic heterocycles. The summed E-state index contributed by atoms with van der Waals surface area (Å²) in [5, 5.41) is 9.16. The highest BCUT2D eigenvalue weighted by Gasteiger charge is 2.33. The van der Waals surface area contributed by atoms with E-state index in [9.17, 15) is 4.79 Å². The summed E-state index contributed by atoms with van der Waals surface area (Å²) >= 11 is 0. The van der Waals surface area contributed by atoms with E-state index in [1.165, 1.54) is 0 Å². The van der Waals surface area contributed by atoms with Crippen molar-refractivity contribution in [2.24, 2.45) is 0 Å². The normalized spacial score (nSPS) is 24.4. The van der Waals surface area contributed by atoms with Crippen molar-refractivity contribution in [3.05, 3.63) is 17.3 Å². The fourth-order valence-corrected chi connectivity index (χ4v) is 2.11. The van der Waals surface area contributed by atoms with Gasteiger partial charge in [-0.3, -0.25) is 0 Å². The molecule has 2 heterocycles. The van der Waals surface area contributed by atoms with Gasteiger partial charge in [-0.2, -0.15) is 0 Å². The monoisotopic (exact) mass is 253 g/mol. The van der Waals surface area contributed by atoms with Gasteiger partial charge in [-0.1, -0.05) is 20.8 Å². The first-order valence-corrected chi connectivity index (χ1v) is 6.19. The van der Waals surface area contributed by atoms with Crippen LogP contribution in [-0.4, -0.2) is 22.2 Å². The van der Waals surface area contributed by atoms with Crippen LogP contribution in [0.2, 0.25) is 0 Å². The zero-order valence-electron chi connectivity index (χ0n) is 11.2. The average molecular weight is 253 g/mol. The largest absolute Gasteiger partial charge is 0.475 e. The molecule has 1 aliphatic heterocycles. The van der Waals surface area contributed by atoms with Gasteiger partial charge >= 0.3 is 5.97 Å². The van der Waals surface area contributed by atoms with Crippen molar-refractivity contribution in [3.63, 3.8) is 0 Å². The van der Waals surface area contributed by atoms with Gasteiger partial charge in [0.05, 0.1) is 11.8 Å².